The molecule has 0 saturated carbocycles. The Bertz CT molecular complexity index is 423. The Morgan fingerprint density at radius 2 is 1.80 bits per heavy atom. The van der Waals surface area contributed by atoms with E-state index in [0.29, 0.717) is 19.0 Å². The van der Waals surface area contributed by atoms with Crippen LogP contribution in [0.5, 0.6) is 0 Å². The number of hydrogen-bond acceptors (Lipinski definition) is 5. The van der Waals surface area contributed by atoms with Crippen LogP contribution in [0.15, 0.2) is 0 Å². The van der Waals surface area contributed by atoms with E-state index in [1.807, 2.05) is 18.7 Å². The predicted octanol–water partition coefficient (Wildman–Crippen LogP) is 3.13. The molecule has 0 amide bonds. The van der Waals surface area contributed by atoms with Crippen LogP contribution in [-0.4, -0.2) is 40.8 Å². The van der Waals surface area contributed by atoms with Crippen LogP contribution in [-0.2, 0) is 0 Å². The topological polar surface area (TPSA) is 53.9 Å². The molecule has 1 heterocycles. The molecule has 0 aromatic carbocycles. The third-order valence-electron chi connectivity index (χ3n) is 2.56. The van der Waals surface area contributed by atoms with Gasteiger partial charge in [0.15, 0.2) is 0 Å². The first-order valence-corrected chi connectivity index (χ1v) is 6.70. The van der Waals surface area contributed by atoms with E-state index >= 15 is 0 Å². The van der Waals surface area contributed by atoms with E-state index in [4.69, 9.17) is 11.6 Å². The summed E-state index contributed by atoms with van der Waals surface area (Å²) in [6.07, 6.45) is -5.04. The fraction of sp³-hybridized carbons (Fsp3) is 0.727. The highest BCUT2D eigenvalue weighted by molar-refractivity contribution is 6.28. The molecule has 0 aliphatic rings. The van der Waals surface area contributed by atoms with Gasteiger partial charge < -0.3 is 10.2 Å². The molecule has 1 aromatic rings. The predicted molar refractivity (Wildman–Crippen MR) is 72.2 cm³/mol. The monoisotopic (exact) mass is 311 g/mol. The van der Waals surface area contributed by atoms with Gasteiger partial charge in [-0.05, 0) is 31.9 Å². The molecule has 0 aliphatic heterocycles. The summed E-state index contributed by atoms with van der Waals surface area (Å²) in [5.74, 6) is 0.599. The SMILES string of the molecule is CCN(CC)c1nc(Cl)nc(NCCCC(F)(F)F)n1. The van der Waals surface area contributed by atoms with Gasteiger partial charge in [0.25, 0.3) is 0 Å². The van der Waals surface area contributed by atoms with Crippen LogP contribution >= 0.6 is 11.6 Å². The van der Waals surface area contributed by atoms with Crippen LogP contribution in [0.4, 0.5) is 25.1 Å². The number of alkyl halides is 3. The highest BCUT2D eigenvalue weighted by Crippen LogP contribution is 2.21. The molecule has 5 nitrogen and oxygen atoms in total. The van der Waals surface area contributed by atoms with Gasteiger partial charge in [0.1, 0.15) is 0 Å². The first kappa shape index (κ1) is 16.7. The standard InChI is InChI=1S/C11H17ClF3N5/c1-3-20(4-2)10-18-8(12)17-9(19-10)16-7-5-6-11(13,14)15/h3-7H2,1-2H3,(H,16,17,18,19). The van der Waals surface area contributed by atoms with Gasteiger partial charge >= 0.3 is 6.18 Å². The molecular weight excluding hydrogens is 295 g/mol. The van der Waals surface area contributed by atoms with Crippen LogP contribution in [0, 0.1) is 0 Å². The maximum Gasteiger partial charge on any atom is 0.389 e. The van der Waals surface area contributed by atoms with E-state index in [1.165, 1.54) is 0 Å². The molecule has 0 spiro atoms. The van der Waals surface area contributed by atoms with E-state index < -0.39 is 12.6 Å². The Labute approximate surface area is 120 Å². The second-order valence-corrected chi connectivity index (χ2v) is 4.38. The summed E-state index contributed by atoms with van der Waals surface area (Å²) in [4.78, 5) is 13.8. The van der Waals surface area contributed by atoms with Gasteiger partial charge in [-0.1, -0.05) is 0 Å². The van der Waals surface area contributed by atoms with E-state index in [-0.39, 0.29) is 24.2 Å². The van der Waals surface area contributed by atoms with Gasteiger partial charge in [0.05, 0.1) is 0 Å². The number of halogens is 4. The lowest BCUT2D eigenvalue weighted by Gasteiger charge is -2.18. The van der Waals surface area contributed by atoms with Crippen LogP contribution in [0.2, 0.25) is 5.28 Å². The highest BCUT2D eigenvalue weighted by Gasteiger charge is 2.25. The first-order chi connectivity index (χ1) is 9.35. The molecule has 0 aliphatic carbocycles. The Morgan fingerprint density at radius 1 is 1.15 bits per heavy atom. The molecule has 1 rings (SSSR count). The van der Waals surface area contributed by atoms with E-state index in [0.717, 1.165) is 0 Å². The van der Waals surface area contributed by atoms with E-state index in [9.17, 15) is 13.2 Å². The minimum absolute atomic E-state index is 0.0141. The average Bonchev–Trinajstić information content (AvgIpc) is 2.34. The zero-order valence-electron chi connectivity index (χ0n) is 11.3. The lowest BCUT2D eigenvalue weighted by Crippen LogP contribution is -2.25. The summed E-state index contributed by atoms with van der Waals surface area (Å²) in [6, 6.07) is 0. The number of hydrogen-bond donors (Lipinski definition) is 1. The Hall–Kier alpha value is -1.31. The molecule has 114 valence electrons. The van der Waals surface area contributed by atoms with Crippen LogP contribution in [0.1, 0.15) is 26.7 Å². The maximum absolute atomic E-state index is 12.0. The fourth-order valence-corrected chi connectivity index (χ4v) is 1.71. The minimum Gasteiger partial charge on any atom is -0.354 e. The van der Waals surface area contributed by atoms with Crippen LogP contribution < -0.4 is 10.2 Å². The molecule has 1 aromatic heterocycles. The van der Waals surface area contributed by atoms with Crippen molar-refractivity contribution in [3.63, 3.8) is 0 Å². The molecule has 0 unspecified atom stereocenters. The molecule has 9 heteroatoms. The van der Waals surface area contributed by atoms with Crippen molar-refractivity contribution in [1.82, 2.24) is 15.0 Å². The maximum atomic E-state index is 12.0. The van der Waals surface area contributed by atoms with Crippen LogP contribution in [0.25, 0.3) is 0 Å². The van der Waals surface area contributed by atoms with Crippen LogP contribution in [0.3, 0.4) is 0 Å². The molecule has 0 atom stereocenters. The molecule has 0 saturated heterocycles. The quantitative estimate of drug-likeness (QED) is 0.784. The Kier molecular flexibility index (Phi) is 6.25. The molecular formula is C11H17ClF3N5. The summed E-state index contributed by atoms with van der Waals surface area (Å²) in [6.45, 7) is 5.40. The third kappa shape index (κ3) is 5.77. The lowest BCUT2D eigenvalue weighted by molar-refractivity contribution is -0.134. The third-order valence-corrected chi connectivity index (χ3v) is 2.73. The smallest absolute Gasteiger partial charge is 0.354 e. The fourth-order valence-electron chi connectivity index (χ4n) is 1.56. The van der Waals surface area contributed by atoms with Gasteiger partial charge in [0, 0.05) is 26.1 Å². The van der Waals surface area contributed by atoms with Crippen molar-refractivity contribution in [2.45, 2.75) is 32.9 Å². The molecule has 0 fully saturated rings. The zero-order valence-corrected chi connectivity index (χ0v) is 12.1. The number of nitrogens with zero attached hydrogens (tertiary/aromatic N) is 4. The van der Waals surface area contributed by atoms with Gasteiger partial charge in [-0.3, -0.25) is 0 Å². The summed E-state index contributed by atoms with van der Waals surface area (Å²) in [5.41, 5.74) is 0. The van der Waals surface area contributed by atoms with E-state index in [1.54, 1.807) is 0 Å². The summed E-state index contributed by atoms with van der Waals surface area (Å²) < 4.78 is 36.0. The Morgan fingerprint density at radius 3 is 2.35 bits per heavy atom. The van der Waals surface area contributed by atoms with Gasteiger partial charge in [-0.15, -0.1) is 0 Å². The van der Waals surface area contributed by atoms with Crippen molar-refractivity contribution in [2.24, 2.45) is 0 Å². The highest BCUT2D eigenvalue weighted by atomic mass is 35.5. The van der Waals surface area contributed by atoms with Crippen molar-refractivity contribution in [2.75, 3.05) is 29.9 Å². The van der Waals surface area contributed by atoms with Gasteiger partial charge in [0.2, 0.25) is 17.2 Å². The number of aromatic nitrogens is 3. The van der Waals surface area contributed by atoms with Gasteiger partial charge in [-0.2, -0.15) is 28.1 Å². The van der Waals surface area contributed by atoms with Crippen molar-refractivity contribution in [3.05, 3.63) is 5.28 Å². The van der Waals surface area contributed by atoms with Crippen molar-refractivity contribution >= 4 is 23.5 Å². The average molecular weight is 312 g/mol. The molecule has 20 heavy (non-hydrogen) atoms. The second-order valence-electron chi connectivity index (χ2n) is 4.05. The summed E-state index contributed by atoms with van der Waals surface area (Å²) in [5, 5.41) is 2.74. The second kappa shape index (κ2) is 7.47. The minimum atomic E-state index is -4.15. The molecule has 0 bridgehead atoms. The summed E-state index contributed by atoms with van der Waals surface area (Å²) >= 11 is 5.78. The summed E-state index contributed by atoms with van der Waals surface area (Å²) in [7, 11) is 0. The van der Waals surface area contributed by atoms with Crippen molar-refractivity contribution < 1.29 is 13.2 Å². The molecule has 1 N–H and O–H groups in total. The van der Waals surface area contributed by atoms with Crippen molar-refractivity contribution in [1.29, 1.82) is 0 Å². The van der Waals surface area contributed by atoms with Gasteiger partial charge in [-0.25, -0.2) is 0 Å². The largest absolute Gasteiger partial charge is 0.389 e. The normalized spacial score (nSPS) is 11.5. The number of anilines is 2. The Balaban J connectivity index is 2.62. The molecule has 0 radical (unpaired) electrons. The first-order valence-electron chi connectivity index (χ1n) is 6.32. The number of rotatable bonds is 7. The van der Waals surface area contributed by atoms with Crippen molar-refractivity contribution in [3.8, 4) is 0 Å². The lowest BCUT2D eigenvalue weighted by atomic mass is 10.3. The zero-order chi connectivity index (χ0) is 15.2. The van der Waals surface area contributed by atoms with E-state index in [2.05, 4.69) is 20.3 Å². The number of nitrogens with one attached hydrogen (secondary N) is 1.